The summed E-state index contributed by atoms with van der Waals surface area (Å²) in [6.07, 6.45) is 4.18. The molecule has 0 saturated carbocycles. The molecule has 0 fully saturated rings. The van der Waals surface area contributed by atoms with Crippen LogP contribution in [0.1, 0.15) is 49.7 Å². The number of carbonyl (C=O) groups is 1. The number of carbonyl (C=O) groups excluding carboxylic acids is 1. The number of ether oxygens (including phenoxy) is 1. The first-order valence-corrected chi connectivity index (χ1v) is 17.2. The van der Waals surface area contributed by atoms with E-state index in [1.807, 2.05) is 68.2 Å². The summed E-state index contributed by atoms with van der Waals surface area (Å²) in [6.45, 7) is 8.54. The normalized spacial score (nSPS) is 14.4. The zero-order valence-corrected chi connectivity index (χ0v) is 28.3. The van der Waals surface area contributed by atoms with E-state index in [1.165, 1.54) is 21.5 Å². The largest absolute Gasteiger partial charge is 0.487 e. The average molecular weight is 653 g/mol. The van der Waals surface area contributed by atoms with Crippen LogP contribution in [0.4, 0.5) is 0 Å². The minimum atomic E-state index is -0.616. The molecule has 3 aromatic carbocycles. The summed E-state index contributed by atoms with van der Waals surface area (Å²) in [5.74, 6) is 0.934. The number of aromatic nitrogens is 2. The van der Waals surface area contributed by atoms with Crippen LogP contribution in [0.15, 0.2) is 90.0 Å². The predicted octanol–water partition coefficient (Wildman–Crippen LogP) is 8.05. The van der Waals surface area contributed by atoms with E-state index in [0.717, 1.165) is 46.5 Å². The van der Waals surface area contributed by atoms with Crippen molar-refractivity contribution in [2.24, 2.45) is 11.1 Å². The van der Waals surface area contributed by atoms with Gasteiger partial charge < -0.3 is 20.4 Å². The fourth-order valence-corrected chi connectivity index (χ4v) is 7.58. The summed E-state index contributed by atoms with van der Waals surface area (Å²) in [6, 6.07) is 26.7. The number of hydrogen-bond donors (Lipinski definition) is 2. The highest BCUT2D eigenvalue weighted by Gasteiger charge is 2.34. The summed E-state index contributed by atoms with van der Waals surface area (Å²) in [7, 11) is 0. The summed E-state index contributed by atoms with van der Waals surface area (Å²) in [4.78, 5) is 19.3. The standard InChI is InChI=1S/C38H41ClN4O2S/c1-25-20-31-34(45-24-30-15-12-28(22-42-30)27-8-5-4-6-9-27)17-16-32-35(31)36(46-25)33(21-38(2,3)37(44)41-19-7-18-40)43(32)23-26-10-13-29(39)14-11-26/h4-6,8-17,22,25H,7,18-21,23-24,40H2,1-3H3,(H,41,44). The summed E-state index contributed by atoms with van der Waals surface area (Å²) >= 11 is 8.14. The van der Waals surface area contributed by atoms with Crippen LogP contribution < -0.4 is 15.8 Å². The molecule has 46 heavy (non-hydrogen) atoms. The van der Waals surface area contributed by atoms with E-state index in [1.54, 1.807) is 0 Å². The number of nitrogens with one attached hydrogen (secondary N) is 1. The molecule has 3 heterocycles. The van der Waals surface area contributed by atoms with Gasteiger partial charge in [-0.1, -0.05) is 80.9 Å². The van der Waals surface area contributed by atoms with Gasteiger partial charge in [-0.25, -0.2) is 0 Å². The van der Waals surface area contributed by atoms with Crippen molar-refractivity contribution in [1.82, 2.24) is 14.9 Å². The fourth-order valence-electron chi connectivity index (χ4n) is 6.14. The van der Waals surface area contributed by atoms with E-state index >= 15 is 0 Å². The molecule has 1 unspecified atom stereocenters. The Hall–Kier alpha value is -3.78. The maximum atomic E-state index is 13.4. The molecule has 1 aliphatic heterocycles. The third-order valence-electron chi connectivity index (χ3n) is 8.62. The molecule has 6 nitrogen and oxygen atoms in total. The number of amides is 1. The molecular formula is C38H41ClN4O2S. The van der Waals surface area contributed by atoms with E-state index in [9.17, 15) is 4.79 Å². The molecule has 5 aromatic rings. The highest BCUT2D eigenvalue weighted by Crippen LogP contribution is 2.48. The second-order valence-electron chi connectivity index (χ2n) is 12.7. The predicted molar refractivity (Wildman–Crippen MR) is 190 cm³/mol. The average Bonchev–Trinajstić information content (AvgIpc) is 3.33. The van der Waals surface area contributed by atoms with Crippen LogP contribution in [-0.2, 0) is 30.8 Å². The van der Waals surface area contributed by atoms with Gasteiger partial charge in [-0.3, -0.25) is 9.78 Å². The van der Waals surface area contributed by atoms with Gasteiger partial charge in [0.2, 0.25) is 5.91 Å². The number of rotatable bonds is 12. The van der Waals surface area contributed by atoms with Crippen LogP contribution in [0, 0.1) is 5.41 Å². The Morgan fingerprint density at radius 3 is 2.57 bits per heavy atom. The lowest BCUT2D eigenvalue weighted by Crippen LogP contribution is -2.39. The van der Waals surface area contributed by atoms with Crippen molar-refractivity contribution in [2.45, 2.75) is 63.3 Å². The number of benzene rings is 3. The number of hydrogen-bond acceptors (Lipinski definition) is 5. The van der Waals surface area contributed by atoms with Gasteiger partial charge in [0.05, 0.1) is 11.2 Å². The first-order chi connectivity index (χ1) is 22.2. The highest BCUT2D eigenvalue weighted by molar-refractivity contribution is 8.00. The number of pyridine rings is 1. The molecule has 1 amide bonds. The Morgan fingerprint density at radius 1 is 1.07 bits per heavy atom. The van der Waals surface area contributed by atoms with Gasteiger partial charge in [0.1, 0.15) is 12.4 Å². The molecular weight excluding hydrogens is 612 g/mol. The molecule has 6 rings (SSSR count). The van der Waals surface area contributed by atoms with Crippen LogP contribution in [-0.4, -0.2) is 33.8 Å². The molecule has 0 bridgehead atoms. The van der Waals surface area contributed by atoms with Crippen LogP contribution >= 0.6 is 23.4 Å². The van der Waals surface area contributed by atoms with Crippen molar-refractivity contribution in [1.29, 1.82) is 0 Å². The number of halogens is 1. The molecule has 0 aliphatic carbocycles. The number of thioether (sulfide) groups is 1. The second kappa shape index (κ2) is 13.9. The Kier molecular flexibility index (Phi) is 9.73. The van der Waals surface area contributed by atoms with Crippen molar-refractivity contribution in [3.8, 4) is 16.9 Å². The van der Waals surface area contributed by atoms with Crippen molar-refractivity contribution in [3.63, 3.8) is 0 Å². The zero-order valence-electron chi connectivity index (χ0n) is 26.7. The van der Waals surface area contributed by atoms with E-state index in [0.29, 0.717) is 42.9 Å². The molecule has 0 spiro atoms. The first-order valence-electron chi connectivity index (χ1n) is 15.9. The molecule has 3 N–H and O–H groups in total. The Balaban J connectivity index is 1.35. The third-order valence-corrected chi connectivity index (χ3v) is 10.1. The van der Waals surface area contributed by atoms with E-state index < -0.39 is 5.41 Å². The lowest BCUT2D eigenvalue weighted by atomic mass is 9.86. The zero-order chi connectivity index (χ0) is 32.3. The van der Waals surface area contributed by atoms with E-state index in [2.05, 4.69) is 59.3 Å². The summed E-state index contributed by atoms with van der Waals surface area (Å²) in [5.41, 5.74) is 12.9. The van der Waals surface area contributed by atoms with Gasteiger partial charge in [-0.15, -0.1) is 11.8 Å². The molecule has 0 saturated heterocycles. The van der Waals surface area contributed by atoms with Crippen LogP contribution in [0.3, 0.4) is 0 Å². The molecule has 1 atom stereocenters. The van der Waals surface area contributed by atoms with Crippen LogP contribution in [0.2, 0.25) is 5.02 Å². The number of nitrogens with two attached hydrogens (primary N) is 1. The maximum absolute atomic E-state index is 13.4. The van der Waals surface area contributed by atoms with Gasteiger partial charge in [0, 0.05) is 68.5 Å². The van der Waals surface area contributed by atoms with Crippen molar-refractivity contribution in [3.05, 3.63) is 113 Å². The van der Waals surface area contributed by atoms with E-state index in [-0.39, 0.29) is 5.91 Å². The fraction of sp³-hybridized carbons (Fsp3) is 0.316. The Bertz CT molecular complexity index is 1820. The summed E-state index contributed by atoms with van der Waals surface area (Å²) < 4.78 is 8.90. The summed E-state index contributed by atoms with van der Waals surface area (Å²) in [5, 5.41) is 5.41. The quantitative estimate of drug-likeness (QED) is 0.133. The monoisotopic (exact) mass is 652 g/mol. The van der Waals surface area contributed by atoms with Crippen molar-refractivity contribution >= 4 is 40.2 Å². The molecule has 238 valence electrons. The smallest absolute Gasteiger partial charge is 0.226 e. The lowest BCUT2D eigenvalue weighted by Gasteiger charge is -2.26. The van der Waals surface area contributed by atoms with Crippen molar-refractivity contribution < 1.29 is 9.53 Å². The van der Waals surface area contributed by atoms with Gasteiger partial charge >= 0.3 is 0 Å². The van der Waals surface area contributed by atoms with Crippen LogP contribution in [0.5, 0.6) is 5.75 Å². The third kappa shape index (κ3) is 6.97. The minimum Gasteiger partial charge on any atom is -0.487 e. The second-order valence-corrected chi connectivity index (χ2v) is 14.6. The maximum Gasteiger partial charge on any atom is 0.226 e. The Morgan fingerprint density at radius 2 is 1.85 bits per heavy atom. The van der Waals surface area contributed by atoms with Gasteiger partial charge in [-0.2, -0.15) is 0 Å². The molecule has 8 heteroatoms. The topological polar surface area (TPSA) is 82.2 Å². The van der Waals surface area contributed by atoms with Crippen molar-refractivity contribution in [2.75, 3.05) is 13.1 Å². The highest BCUT2D eigenvalue weighted by atomic mass is 35.5. The van der Waals surface area contributed by atoms with Gasteiger partial charge in [0.25, 0.3) is 0 Å². The first kappa shape index (κ1) is 32.2. The Labute approximate surface area is 280 Å². The molecule has 0 radical (unpaired) electrons. The van der Waals surface area contributed by atoms with Crippen LogP contribution in [0.25, 0.3) is 22.0 Å². The van der Waals surface area contributed by atoms with Gasteiger partial charge in [-0.05, 0) is 60.8 Å². The lowest BCUT2D eigenvalue weighted by molar-refractivity contribution is -0.129. The SMILES string of the molecule is CC1Cc2c(OCc3ccc(-c4ccccc4)cn3)ccc3c2c(c(CC(C)(C)C(=O)NCCCN)n3Cc2ccc(Cl)cc2)S1. The molecule has 1 aliphatic rings. The minimum absolute atomic E-state index is 0.0420. The van der Waals surface area contributed by atoms with E-state index in [4.69, 9.17) is 27.1 Å². The van der Waals surface area contributed by atoms with Gasteiger partial charge in [0.15, 0.2) is 0 Å². The molecule has 2 aromatic heterocycles. The number of nitrogens with zero attached hydrogens (tertiary/aromatic N) is 2.